The average molecular weight is 293 g/mol. The molecule has 1 heterocycles. The van der Waals surface area contributed by atoms with Crippen molar-refractivity contribution >= 4 is 11.9 Å². The Labute approximate surface area is 127 Å². The van der Waals surface area contributed by atoms with Gasteiger partial charge in [-0.3, -0.25) is 4.79 Å². The van der Waals surface area contributed by atoms with Gasteiger partial charge < -0.3 is 15.1 Å². The number of allylic oxidation sites excluding steroid dienone is 1. The first-order valence-corrected chi connectivity index (χ1v) is 8.07. The van der Waals surface area contributed by atoms with E-state index in [1.165, 1.54) is 18.4 Å². The zero-order chi connectivity index (χ0) is 15.2. The van der Waals surface area contributed by atoms with Crippen molar-refractivity contribution < 1.29 is 9.59 Å². The molecular formula is C16H27N3O2. The third kappa shape index (κ3) is 4.22. The summed E-state index contributed by atoms with van der Waals surface area (Å²) in [5.41, 5.74) is 1.43. The average Bonchev–Trinajstić information content (AvgIpc) is 2.53. The second-order valence-electron chi connectivity index (χ2n) is 6.01. The van der Waals surface area contributed by atoms with Gasteiger partial charge in [-0.2, -0.15) is 0 Å². The zero-order valence-corrected chi connectivity index (χ0v) is 13.2. The number of amides is 3. The van der Waals surface area contributed by atoms with Crippen molar-refractivity contribution in [2.75, 3.05) is 33.2 Å². The molecule has 2 aliphatic rings. The van der Waals surface area contributed by atoms with Crippen LogP contribution in [0.2, 0.25) is 0 Å². The normalized spacial score (nSPS) is 21.3. The Morgan fingerprint density at radius 2 is 2.24 bits per heavy atom. The molecule has 21 heavy (non-hydrogen) atoms. The summed E-state index contributed by atoms with van der Waals surface area (Å²) in [5.74, 6) is 0.772. The number of hydrogen-bond donors (Lipinski definition) is 1. The summed E-state index contributed by atoms with van der Waals surface area (Å²) in [7, 11) is 1.78. The summed E-state index contributed by atoms with van der Waals surface area (Å²) in [6.45, 7) is 4.66. The van der Waals surface area contributed by atoms with Crippen LogP contribution in [-0.2, 0) is 4.79 Å². The van der Waals surface area contributed by atoms with Crippen molar-refractivity contribution in [1.82, 2.24) is 15.1 Å². The van der Waals surface area contributed by atoms with Crippen molar-refractivity contribution in [3.8, 4) is 0 Å². The number of hydrogen-bond acceptors (Lipinski definition) is 2. The molecule has 0 aromatic rings. The first-order valence-electron chi connectivity index (χ1n) is 8.07. The predicted octanol–water partition coefficient (Wildman–Crippen LogP) is 2.00. The van der Waals surface area contributed by atoms with Crippen LogP contribution in [0.5, 0.6) is 0 Å². The van der Waals surface area contributed by atoms with Crippen LogP contribution in [0.25, 0.3) is 0 Å². The third-order valence-electron chi connectivity index (χ3n) is 4.61. The van der Waals surface area contributed by atoms with Crippen molar-refractivity contribution in [3.05, 3.63) is 11.6 Å². The highest BCUT2D eigenvalue weighted by Gasteiger charge is 2.27. The molecule has 1 saturated heterocycles. The molecule has 0 radical (unpaired) electrons. The second kappa shape index (κ2) is 7.48. The molecule has 0 saturated carbocycles. The molecule has 1 N–H and O–H groups in total. The lowest BCUT2D eigenvalue weighted by Crippen LogP contribution is -2.46. The quantitative estimate of drug-likeness (QED) is 0.806. The second-order valence-corrected chi connectivity index (χ2v) is 6.01. The number of nitrogens with one attached hydrogen (secondary N) is 1. The van der Waals surface area contributed by atoms with E-state index in [9.17, 15) is 9.59 Å². The minimum absolute atomic E-state index is 0.0353. The number of urea groups is 1. The monoisotopic (exact) mass is 293 g/mol. The Morgan fingerprint density at radius 1 is 1.43 bits per heavy atom. The third-order valence-corrected chi connectivity index (χ3v) is 4.61. The van der Waals surface area contributed by atoms with E-state index in [4.69, 9.17) is 0 Å². The van der Waals surface area contributed by atoms with Crippen molar-refractivity contribution in [2.24, 2.45) is 5.92 Å². The SMILES string of the molecule is CCN(C)C(=O)CCNC(=O)N1CCC2CCCC=C2C1. The molecule has 0 bridgehead atoms. The molecule has 1 atom stereocenters. The largest absolute Gasteiger partial charge is 0.346 e. The highest BCUT2D eigenvalue weighted by molar-refractivity contribution is 5.78. The first kappa shape index (κ1) is 15.9. The fourth-order valence-corrected chi connectivity index (χ4v) is 3.07. The number of likely N-dealkylation sites (tertiary alicyclic amines) is 1. The van der Waals surface area contributed by atoms with Crippen LogP contribution in [0, 0.1) is 5.92 Å². The van der Waals surface area contributed by atoms with Gasteiger partial charge in [-0.15, -0.1) is 0 Å². The molecule has 0 aromatic heterocycles. The van der Waals surface area contributed by atoms with Gasteiger partial charge >= 0.3 is 6.03 Å². The lowest BCUT2D eigenvalue weighted by atomic mass is 9.82. The van der Waals surface area contributed by atoms with Crippen LogP contribution >= 0.6 is 0 Å². The van der Waals surface area contributed by atoms with Crippen LogP contribution in [0.1, 0.15) is 39.0 Å². The van der Waals surface area contributed by atoms with E-state index < -0.39 is 0 Å². The lowest BCUT2D eigenvalue weighted by molar-refractivity contribution is -0.129. The molecule has 1 aliphatic carbocycles. The van der Waals surface area contributed by atoms with E-state index in [1.54, 1.807) is 11.9 Å². The first-order chi connectivity index (χ1) is 10.1. The molecule has 118 valence electrons. The topological polar surface area (TPSA) is 52.7 Å². The van der Waals surface area contributed by atoms with E-state index in [-0.39, 0.29) is 11.9 Å². The smallest absolute Gasteiger partial charge is 0.317 e. The molecule has 2 rings (SSSR count). The van der Waals surface area contributed by atoms with Gasteiger partial charge in [0.2, 0.25) is 5.91 Å². The molecule has 5 heteroatoms. The summed E-state index contributed by atoms with van der Waals surface area (Å²) in [6.07, 6.45) is 7.48. The van der Waals surface area contributed by atoms with E-state index in [2.05, 4.69) is 11.4 Å². The standard InChI is InChI=1S/C16H27N3O2/c1-3-18(2)15(20)8-10-17-16(21)19-11-9-13-6-4-5-7-14(13)12-19/h7,13H,3-6,8-12H2,1-2H3,(H,17,21). The van der Waals surface area contributed by atoms with Gasteiger partial charge in [0.05, 0.1) is 0 Å². The van der Waals surface area contributed by atoms with Gasteiger partial charge in [-0.05, 0) is 38.5 Å². The van der Waals surface area contributed by atoms with Crippen molar-refractivity contribution in [2.45, 2.75) is 39.0 Å². The number of piperidine rings is 1. The molecule has 0 aromatic carbocycles. The maximum atomic E-state index is 12.2. The molecule has 0 spiro atoms. The van der Waals surface area contributed by atoms with E-state index in [1.807, 2.05) is 11.8 Å². The van der Waals surface area contributed by atoms with Gasteiger partial charge in [-0.1, -0.05) is 11.6 Å². The molecule has 1 fully saturated rings. The number of carbonyl (C=O) groups excluding carboxylic acids is 2. The highest BCUT2D eigenvalue weighted by atomic mass is 16.2. The van der Waals surface area contributed by atoms with Crippen molar-refractivity contribution in [1.29, 1.82) is 0 Å². The van der Waals surface area contributed by atoms with E-state index in [0.717, 1.165) is 25.9 Å². The Morgan fingerprint density at radius 3 is 3.00 bits per heavy atom. The van der Waals surface area contributed by atoms with Gasteiger partial charge in [0, 0.05) is 39.6 Å². The maximum Gasteiger partial charge on any atom is 0.317 e. The summed E-state index contributed by atoms with van der Waals surface area (Å²) in [5, 5.41) is 2.87. The Bertz CT molecular complexity index is 420. The van der Waals surface area contributed by atoms with Gasteiger partial charge in [0.25, 0.3) is 0 Å². The molecule has 1 aliphatic heterocycles. The fourth-order valence-electron chi connectivity index (χ4n) is 3.07. The predicted molar refractivity (Wildman–Crippen MR) is 82.9 cm³/mol. The van der Waals surface area contributed by atoms with Crippen molar-refractivity contribution in [3.63, 3.8) is 0 Å². The minimum Gasteiger partial charge on any atom is -0.346 e. The van der Waals surface area contributed by atoms with Gasteiger partial charge in [-0.25, -0.2) is 4.79 Å². The molecular weight excluding hydrogens is 266 g/mol. The molecule has 3 amide bonds. The van der Waals surface area contributed by atoms with Crippen LogP contribution in [0.15, 0.2) is 11.6 Å². The van der Waals surface area contributed by atoms with Crippen LogP contribution in [0.3, 0.4) is 0 Å². The number of carbonyl (C=O) groups is 2. The summed E-state index contributed by atoms with van der Waals surface area (Å²) in [4.78, 5) is 27.4. The summed E-state index contributed by atoms with van der Waals surface area (Å²) >= 11 is 0. The fraction of sp³-hybridized carbons (Fsp3) is 0.750. The number of nitrogens with zero attached hydrogens (tertiary/aromatic N) is 2. The van der Waals surface area contributed by atoms with E-state index >= 15 is 0 Å². The zero-order valence-electron chi connectivity index (χ0n) is 13.2. The van der Waals surface area contributed by atoms with Crippen LogP contribution in [-0.4, -0.2) is 55.0 Å². The highest BCUT2D eigenvalue weighted by Crippen LogP contribution is 2.31. The molecule has 1 unspecified atom stereocenters. The maximum absolute atomic E-state index is 12.2. The van der Waals surface area contributed by atoms with Crippen LogP contribution < -0.4 is 5.32 Å². The Balaban J connectivity index is 1.74. The summed E-state index contributed by atoms with van der Waals surface area (Å²) < 4.78 is 0. The molecule has 5 nitrogen and oxygen atoms in total. The number of rotatable bonds is 4. The Kier molecular flexibility index (Phi) is 5.65. The summed E-state index contributed by atoms with van der Waals surface area (Å²) in [6, 6.07) is -0.0353. The minimum atomic E-state index is -0.0353. The van der Waals surface area contributed by atoms with Gasteiger partial charge in [0.1, 0.15) is 0 Å². The Hall–Kier alpha value is -1.52. The van der Waals surface area contributed by atoms with Gasteiger partial charge in [0.15, 0.2) is 0 Å². The van der Waals surface area contributed by atoms with E-state index in [0.29, 0.717) is 25.4 Å². The van der Waals surface area contributed by atoms with Crippen LogP contribution in [0.4, 0.5) is 4.79 Å². The lowest BCUT2D eigenvalue weighted by Gasteiger charge is -2.36. The number of fused-ring (bicyclic) bond motifs is 1.